The van der Waals surface area contributed by atoms with Crippen molar-refractivity contribution in [3.05, 3.63) is 45.8 Å². The Morgan fingerprint density at radius 3 is 2.67 bits per heavy atom. The Balaban J connectivity index is 2.34. The summed E-state index contributed by atoms with van der Waals surface area (Å²) < 4.78 is 0. The van der Waals surface area contributed by atoms with Gasteiger partial charge in [0.15, 0.2) is 0 Å². The van der Waals surface area contributed by atoms with Gasteiger partial charge >= 0.3 is 0 Å². The van der Waals surface area contributed by atoms with E-state index in [0.717, 1.165) is 17.0 Å². The van der Waals surface area contributed by atoms with E-state index in [1.807, 2.05) is 24.5 Å². The summed E-state index contributed by atoms with van der Waals surface area (Å²) in [5.74, 6) is 0. The summed E-state index contributed by atoms with van der Waals surface area (Å²) in [6.07, 6.45) is 1.10. The third kappa shape index (κ3) is 2.77. The quantitative estimate of drug-likeness (QED) is 0.826. The maximum Gasteiger partial charge on any atom is 0.0495 e. The Kier molecular flexibility index (Phi) is 4.44. The molecule has 0 fully saturated rings. The van der Waals surface area contributed by atoms with E-state index < -0.39 is 0 Å². The van der Waals surface area contributed by atoms with Crippen LogP contribution in [0, 0.1) is 6.92 Å². The molecular weight excluding hydrogens is 262 g/mol. The van der Waals surface area contributed by atoms with E-state index >= 15 is 0 Å². The molecule has 1 aromatic heterocycles. The summed E-state index contributed by atoms with van der Waals surface area (Å²) in [5, 5.41) is 4.17. The summed E-state index contributed by atoms with van der Waals surface area (Å²) in [4.78, 5) is 2.61. The number of hydrogen-bond acceptors (Lipinski definition) is 2. The van der Waals surface area contributed by atoms with Gasteiger partial charge < -0.3 is 5.32 Å². The normalized spacial score (nSPS) is 12.7. The van der Waals surface area contributed by atoms with Gasteiger partial charge in [0.1, 0.15) is 0 Å². The van der Waals surface area contributed by atoms with E-state index in [1.165, 1.54) is 15.3 Å². The van der Waals surface area contributed by atoms with E-state index in [2.05, 4.69) is 43.4 Å². The van der Waals surface area contributed by atoms with Crippen LogP contribution in [0.3, 0.4) is 0 Å². The molecule has 1 nitrogen and oxygen atoms in total. The Morgan fingerprint density at radius 2 is 2.06 bits per heavy atom. The van der Waals surface area contributed by atoms with Crippen molar-refractivity contribution in [1.82, 2.24) is 5.32 Å². The lowest BCUT2D eigenvalue weighted by atomic mass is 10.1. The van der Waals surface area contributed by atoms with Crippen molar-refractivity contribution in [3.8, 4) is 10.4 Å². The molecule has 96 valence electrons. The molecule has 1 atom stereocenters. The van der Waals surface area contributed by atoms with Gasteiger partial charge in [-0.05, 0) is 44.2 Å². The number of rotatable bonds is 4. The van der Waals surface area contributed by atoms with Gasteiger partial charge in [0.25, 0.3) is 0 Å². The van der Waals surface area contributed by atoms with E-state index in [-0.39, 0.29) is 0 Å². The Labute approximate surface area is 118 Å². The summed E-state index contributed by atoms with van der Waals surface area (Å²) >= 11 is 8.13. The molecule has 1 heterocycles. The van der Waals surface area contributed by atoms with Crippen molar-refractivity contribution >= 4 is 22.9 Å². The minimum absolute atomic E-state index is 0.438. The van der Waals surface area contributed by atoms with Crippen LogP contribution in [0.4, 0.5) is 0 Å². The maximum atomic E-state index is 6.31. The third-order valence-electron chi connectivity index (χ3n) is 3.12. The first-order valence-electron chi connectivity index (χ1n) is 6.19. The van der Waals surface area contributed by atoms with Crippen LogP contribution in [0.5, 0.6) is 0 Å². The summed E-state index contributed by atoms with van der Waals surface area (Å²) in [6, 6.07) is 11.0. The highest BCUT2D eigenvalue weighted by molar-refractivity contribution is 7.15. The standard InChI is InChI=1S/C15H18ClNS/c1-4-13(17-3)15-8-7-14(18-15)11-6-5-10(2)9-12(11)16/h5-9,13,17H,4H2,1-3H3. The molecule has 1 N–H and O–H groups in total. The average molecular weight is 280 g/mol. The summed E-state index contributed by atoms with van der Waals surface area (Å²) in [6.45, 7) is 4.25. The SMILES string of the molecule is CCC(NC)c1ccc(-c2ccc(C)cc2Cl)s1. The molecule has 3 heteroatoms. The third-order valence-corrected chi connectivity index (χ3v) is 4.66. The van der Waals surface area contributed by atoms with Crippen LogP contribution in [-0.2, 0) is 0 Å². The summed E-state index contributed by atoms with van der Waals surface area (Å²) in [7, 11) is 2.01. The van der Waals surface area contributed by atoms with Crippen LogP contribution >= 0.6 is 22.9 Å². The maximum absolute atomic E-state index is 6.31. The smallest absolute Gasteiger partial charge is 0.0495 e. The minimum atomic E-state index is 0.438. The first-order valence-corrected chi connectivity index (χ1v) is 7.38. The summed E-state index contributed by atoms with van der Waals surface area (Å²) in [5.41, 5.74) is 2.33. The molecule has 0 aliphatic carbocycles. The Bertz CT molecular complexity index is 529. The van der Waals surface area contributed by atoms with Gasteiger partial charge in [-0.2, -0.15) is 0 Å². The molecule has 0 aliphatic rings. The molecule has 1 aromatic carbocycles. The van der Waals surface area contributed by atoms with Gasteiger partial charge in [0.05, 0.1) is 0 Å². The minimum Gasteiger partial charge on any atom is -0.312 e. The van der Waals surface area contributed by atoms with Gasteiger partial charge in [-0.1, -0.05) is 30.7 Å². The molecular formula is C15H18ClNS. The average Bonchev–Trinajstić information content (AvgIpc) is 2.80. The lowest BCUT2D eigenvalue weighted by Crippen LogP contribution is -2.13. The number of halogens is 1. The molecule has 0 saturated carbocycles. The van der Waals surface area contributed by atoms with Crippen molar-refractivity contribution in [2.75, 3.05) is 7.05 Å². The first kappa shape index (κ1) is 13.6. The molecule has 0 spiro atoms. The molecule has 0 aliphatic heterocycles. The zero-order chi connectivity index (χ0) is 13.1. The van der Waals surface area contributed by atoms with Gasteiger partial charge in [-0.25, -0.2) is 0 Å². The van der Waals surface area contributed by atoms with Crippen molar-refractivity contribution < 1.29 is 0 Å². The Hall–Kier alpha value is -0.830. The molecule has 18 heavy (non-hydrogen) atoms. The molecule has 0 bridgehead atoms. The van der Waals surface area contributed by atoms with Gasteiger partial charge in [-0.15, -0.1) is 11.3 Å². The lowest BCUT2D eigenvalue weighted by Gasteiger charge is -2.10. The highest BCUT2D eigenvalue weighted by Gasteiger charge is 2.12. The fourth-order valence-electron chi connectivity index (χ4n) is 2.05. The van der Waals surface area contributed by atoms with E-state index in [1.54, 1.807) is 0 Å². The van der Waals surface area contributed by atoms with Crippen molar-refractivity contribution in [2.24, 2.45) is 0 Å². The molecule has 2 rings (SSSR count). The van der Waals surface area contributed by atoms with Crippen LogP contribution in [0.15, 0.2) is 30.3 Å². The second-order valence-electron chi connectivity index (χ2n) is 4.43. The highest BCUT2D eigenvalue weighted by Crippen LogP contribution is 2.36. The van der Waals surface area contributed by atoms with Crippen molar-refractivity contribution in [1.29, 1.82) is 0 Å². The number of hydrogen-bond donors (Lipinski definition) is 1. The van der Waals surface area contributed by atoms with Crippen molar-refractivity contribution in [2.45, 2.75) is 26.3 Å². The number of benzene rings is 1. The van der Waals surface area contributed by atoms with E-state index in [9.17, 15) is 0 Å². The number of nitrogens with one attached hydrogen (secondary N) is 1. The fraction of sp³-hybridized carbons (Fsp3) is 0.333. The van der Waals surface area contributed by atoms with Gasteiger partial charge in [0.2, 0.25) is 0 Å². The van der Waals surface area contributed by atoms with Gasteiger partial charge in [0, 0.05) is 26.4 Å². The lowest BCUT2D eigenvalue weighted by molar-refractivity contribution is 0.586. The fourth-order valence-corrected chi connectivity index (χ4v) is 3.69. The zero-order valence-electron chi connectivity index (χ0n) is 11.0. The predicted molar refractivity (Wildman–Crippen MR) is 81.6 cm³/mol. The van der Waals surface area contributed by atoms with Crippen LogP contribution in [0.1, 0.15) is 29.8 Å². The molecule has 0 amide bonds. The van der Waals surface area contributed by atoms with Crippen LogP contribution in [-0.4, -0.2) is 7.05 Å². The van der Waals surface area contributed by atoms with Crippen LogP contribution in [0.2, 0.25) is 5.02 Å². The number of thiophene rings is 1. The monoisotopic (exact) mass is 279 g/mol. The predicted octanol–water partition coefficient (Wildman–Crippen LogP) is 5.05. The largest absolute Gasteiger partial charge is 0.312 e. The zero-order valence-corrected chi connectivity index (χ0v) is 12.5. The molecule has 2 aromatic rings. The topological polar surface area (TPSA) is 12.0 Å². The highest BCUT2D eigenvalue weighted by atomic mass is 35.5. The molecule has 1 unspecified atom stereocenters. The molecule has 0 saturated heterocycles. The van der Waals surface area contributed by atoms with Crippen LogP contribution < -0.4 is 5.32 Å². The van der Waals surface area contributed by atoms with E-state index in [0.29, 0.717) is 6.04 Å². The Morgan fingerprint density at radius 1 is 1.28 bits per heavy atom. The van der Waals surface area contributed by atoms with Crippen molar-refractivity contribution in [3.63, 3.8) is 0 Å². The second kappa shape index (κ2) is 5.87. The number of aryl methyl sites for hydroxylation is 1. The van der Waals surface area contributed by atoms with E-state index in [4.69, 9.17) is 11.6 Å². The van der Waals surface area contributed by atoms with Crippen LogP contribution in [0.25, 0.3) is 10.4 Å². The van der Waals surface area contributed by atoms with Gasteiger partial charge in [-0.3, -0.25) is 0 Å². The molecule has 0 radical (unpaired) electrons. The first-order chi connectivity index (χ1) is 8.65. The second-order valence-corrected chi connectivity index (χ2v) is 5.96.